The van der Waals surface area contributed by atoms with Gasteiger partial charge in [-0.25, -0.2) is 0 Å². The molecule has 2 fully saturated rings. The molecule has 0 N–H and O–H groups in total. The zero-order chi connectivity index (χ0) is 10.8. The number of rotatable bonds is 0. The van der Waals surface area contributed by atoms with Crippen LogP contribution in [0.3, 0.4) is 0 Å². The van der Waals surface area contributed by atoms with Crippen LogP contribution in [0, 0.1) is 5.92 Å². The van der Waals surface area contributed by atoms with Crippen LogP contribution in [0.15, 0.2) is 11.6 Å². The molecule has 0 radical (unpaired) electrons. The molecule has 0 bridgehead atoms. The van der Waals surface area contributed by atoms with E-state index in [-0.39, 0.29) is 29.9 Å². The van der Waals surface area contributed by atoms with Crippen molar-refractivity contribution in [2.45, 2.75) is 38.1 Å². The fourth-order valence-electron chi connectivity index (χ4n) is 2.58. The Bertz CT molecular complexity index is 397. The van der Waals surface area contributed by atoms with Crippen molar-refractivity contribution in [3.05, 3.63) is 11.6 Å². The van der Waals surface area contributed by atoms with Gasteiger partial charge in [0.1, 0.15) is 6.10 Å². The van der Waals surface area contributed by atoms with E-state index in [0.717, 1.165) is 0 Å². The highest BCUT2D eigenvalue weighted by molar-refractivity contribution is 6.02. The molecule has 2 saturated heterocycles. The molecule has 4 atom stereocenters. The monoisotopic (exact) mass is 208 g/mol. The molecule has 80 valence electrons. The zero-order valence-electron chi connectivity index (χ0n) is 8.65. The van der Waals surface area contributed by atoms with E-state index in [2.05, 4.69) is 0 Å². The normalized spacial score (nSPS) is 47.6. The number of ketones is 1. The van der Waals surface area contributed by atoms with E-state index in [1.54, 1.807) is 13.0 Å². The molecule has 2 heterocycles. The van der Waals surface area contributed by atoms with E-state index in [4.69, 9.17) is 9.47 Å². The summed E-state index contributed by atoms with van der Waals surface area (Å²) in [5, 5.41) is 0. The summed E-state index contributed by atoms with van der Waals surface area (Å²) in [7, 11) is 0. The van der Waals surface area contributed by atoms with Crippen LogP contribution < -0.4 is 0 Å². The van der Waals surface area contributed by atoms with Gasteiger partial charge in [-0.15, -0.1) is 0 Å². The van der Waals surface area contributed by atoms with Crippen molar-refractivity contribution in [2.24, 2.45) is 5.92 Å². The fourth-order valence-corrected chi connectivity index (χ4v) is 2.58. The summed E-state index contributed by atoms with van der Waals surface area (Å²) in [5.41, 5.74) is -0.00486. The van der Waals surface area contributed by atoms with E-state index < -0.39 is 5.60 Å². The molecule has 4 nitrogen and oxygen atoms in total. The van der Waals surface area contributed by atoms with Crippen LogP contribution >= 0.6 is 0 Å². The lowest BCUT2D eigenvalue weighted by atomic mass is 9.82. The maximum absolute atomic E-state index is 11.5. The molecule has 0 aromatic rings. The maximum atomic E-state index is 11.5. The van der Waals surface area contributed by atoms with Crippen molar-refractivity contribution in [1.29, 1.82) is 0 Å². The largest absolute Gasteiger partial charge is 0.452 e. The minimum atomic E-state index is -0.654. The van der Waals surface area contributed by atoms with Gasteiger partial charge in [-0.1, -0.05) is 6.92 Å². The molecular weight excluding hydrogens is 196 g/mol. The number of esters is 1. The summed E-state index contributed by atoms with van der Waals surface area (Å²) in [6.45, 7) is 3.59. The van der Waals surface area contributed by atoms with Crippen LogP contribution in [-0.2, 0) is 19.1 Å². The van der Waals surface area contributed by atoms with Crippen LogP contribution in [0.4, 0.5) is 0 Å². The molecule has 2 unspecified atom stereocenters. The van der Waals surface area contributed by atoms with Crippen molar-refractivity contribution >= 4 is 11.8 Å². The number of carbonyl (C=O) groups is 2. The number of hydrogen-bond acceptors (Lipinski definition) is 4. The van der Waals surface area contributed by atoms with Crippen LogP contribution in [-0.4, -0.2) is 29.6 Å². The quantitative estimate of drug-likeness (QED) is 0.432. The van der Waals surface area contributed by atoms with Gasteiger partial charge in [-0.05, 0) is 18.6 Å². The minimum absolute atomic E-state index is 0.0289. The van der Waals surface area contributed by atoms with Gasteiger partial charge in [0, 0.05) is 6.42 Å². The lowest BCUT2D eigenvalue weighted by Crippen LogP contribution is -2.39. The SMILES string of the molecule is CC1=C[C@]2(C[C@@H](C)C(=O)O2)C2OC2C1=O. The molecule has 0 aromatic heterocycles. The summed E-state index contributed by atoms with van der Waals surface area (Å²) in [6.07, 6.45) is 1.79. The molecule has 0 saturated carbocycles. The first-order chi connectivity index (χ1) is 7.03. The smallest absolute Gasteiger partial charge is 0.309 e. The molecule has 1 spiro atoms. The number of fused-ring (bicyclic) bond motifs is 2. The van der Waals surface area contributed by atoms with Crippen molar-refractivity contribution in [3.8, 4) is 0 Å². The summed E-state index contributed by atoms with van der Waals surface area (Å²) in [6, 6.07) is 0. The van der Waals surface area contributed by atoms with Gasteiger partial charge in [-0.3, -0.25) is 9.59 Å². The lowest BCUT2D eigenvalue weighted by molar-refractivity contribution is -0.148. The predicted molar refractivity (Wildman–Crippen MR) is 50.0 cm³/mol. The van der Waals surface area contributed by atoms with E-state index in [9.17, 15) is 9.59 Å². The number of epoxide rings is 1. The molecular formula is C11H12O4. The third-order valence-corrected chi connectivity index (χ3v) is 3.40. The summed E-state index contributed by atoms with van der Waals surface area (Å²) in [5.74, 6) is -0.268. The Morgan fingerprint density at radius 2 is 2.20 bits per heavy atom. The highest BCUT2D eigenvalue weighted by atomic mass is 16.6. The number of ether oxygens (including phenoxy) is 2. The van der Waals surface area contributed by atoms with Crippen molar-refractivity contribution in [1.82, 2.24) is 0 Å². The van der Waals surface area contributed by atoms with Crippen molar-refractivity contribution in [3.63, 3.8) is 0 Å². The van der Waals surface area contributed by atoms with Crippen molar-refractivity contribution in [2.75, 3.05) is 0 Å². The highest BCUT2D eigenvalue weighted by Gasteiger charge is 2.65. The summed E-state index contributed by atoms with van der Waals surface area (Å²) < 4.78 is 10.7. The Balaban J connectivity index is 2.01. The standard InChI is InChI=1S/C11H12O4/c1-5-3-11(4-6(2)10(13)15-11)9-8(14-9)7(5)12/h3,6,8-9H,4H2,1-2H3/t6-,8?,9?,11+/m1/s1. The highest BCUT2D eigenvalue weighted by Crippen LogP contribution is 2.48. The van der Waals surface area contributed by atoms with Gasteiger partial charge in [-0.2, -0.15) is 0 Å². The topological polar surface area (TPSA) is 55.9 Å². The molecule has 1 aliphatic carbocycles. The maximum Gasteiger partial charge on any atom is 0.309 e. The Morgan fingerprint density at radius 1 is 1.47 bits per heavy atom. The second-order valence-corrected chi connectivity index (χ2v) is 4.65. The fraction of sp³-hybridized carbons (Fsp3) is 0.636. The van der Waals surface area contributed by atoms with E-state index in [0.29, 0.717) is 12.0 Å². The minimum Gasteiger partial charge on any atom is -0.452 e. The molecule has 0 amide bonds. The molecule has 0 aromatic carbocycles. The molecule has 4 heteroatoms. The third-order valence-electron chi connectivity index (χ3n) is 3.40. The number of Topliss-reactive ketones (excluding diaryl/α,β-unsaturated/α-hetero) is 1. The molecule has 3 aliphatic rings. The first kappa shape index (κ1) is 9.09. The average molecular weight is 208 g/mol. The second kappa shape index (κ2) is 2.50. The van der Waals surface area contributed by atoms with E-state index in [1.165, 1.54) is 0 Å². The molecule has 15 heavy (non-hydrogen) atoms. The first-order valence-electron chi connectivity index (χ1n) is 5.15. The van der Waals surface area contributed by atoms with Crippen LogP contribution in [0.25, 0.3) is 0 Å². The van der Waals surface area contributed by atoms with Gasteiger partial charge >= 0.3 is 5.97 Å². The molecule has 2 aliphatic heterocycles. The summed E-state index contributed by atoms with van der Waals surface area (Å²) in [4.78, 5) is 22.9. The molecule has 3 rings (SSSR count). The third kappa shape index (κ3) is 1.05. The number of carbonyl (C=O) groups excluding carboxylic acids is 2. The van der Waals surface area contributed by atoms with Gasteiger partial charge in [0.25, 0.3) is 0 Å². The lowest BCUT2D eigenvalue weighted by Gasteiger charge is -2.25. The van der Waals surface area contributed by atoms with Gasteiger partial charge in [0.2, 0.25) is 0 Å². The zero-order valence-corrected chi connectivity index (χ0v) is 8.65. The Morgan fingerprint density at radius 3 is 2.80 bits per heavy atom. The van der Waals surface area contributed by atoms with Crippen LogP contribution in [0.5, 0.6) is 0 Å². The Kier molecular flexibility index (Phi) is 1.51. The van der Waals surface area contributed by atoms with Gasteiger partial charge < -0.3 is 9.47 Å². The van der Waals surface area contributed by atoms with Crippen LogP contribution in [0.1, 0.15) is 20.3 Å². The van der Waals surface area contributed by atoms with Gasteiger partial charge in [0.05, 0.1) is 5.92 Å². The van der Waals surface area contributed by atoms with Crippen molar-refractivity contribution < 1.29 is 19.1 Å². The van der Waals surface area contributed by atoms with Gasteiger partial charge in [0.15, 0.2) is 17.5 Å². The Labute approximate surface area is 87.2 Å². The summed E-state index contributed by atoms with van der Waals surface area (Å²) >= 11 is 0. The number of hydrogen-bond donors (Lipinski definition) is 0. The van der Waals surface area contributed by atoms with E-state index in [1.807, 2.05) is 6.92 Å². The van der Waals surface area contributed by atoms with E-state index >= 15 is 0 Å². The van der Waals surface area contributed by atoms with Crippen LogP contribution in [0.2, 0.25) is 0 Å². The predicted octanol–water partition coefficient (Wildman–Crippen LogP) is 0.605. The average Bonchev–Trinajstić information content (AvgIpc) is 2.90. The second-order valence-electron chi connectivity index (χ2n) is 4.65. The Hall–Kier alpha value is -1.16. The first-order valence-corrected chi connectivity index (χ1v) is 5.15.